The zero-order chi connectivity index (χ0) is 9.10. The van der Waals surface area contributed by atoms with E-state index in [0.717, 1.165) is 25.7 Å². The highest BCUT2D eigenvalue weighted by molar-refractivity contribution is 5.85. The second-order valence-electron chi connectivity index (χ2n) is 4.36. The van der Waals surface area contributed by atoms with Gasteiger partial charge >= 0.3 is 0 Å². The minimum absolute atomic E-state index is 0. The van der Waals surface area contributed by atoms with Gasteiger partial charge in [0.15, 0.2) is 0 Å². The van der Waals surface area contributed by atoms with Crippen LogP contribution < -0.4 is 5.73 Å². The number of nitrogens with zero attached hydrogens (tertiary/aromatic N) is 1. The van der Waals surface area contributed by atoms with Crippen molar-refractivity contribution in [3.63, 3.8) is 0 Å². The van der Waals surface area contributed by atoms with Crippen LogP contribution in [0, 0.1) is 5.92 Å². The maximum Gasteiger partial charge on any atom is 0.0469 e. The molecule has 2 aliphatic rings. The van der Waals surface area contributed by atoms with Crippen molar-refractivity contribution < 1.29 is 4.74 Å². The van der Waals surface area contributed by atoms with E-state index in [9.17, 15) is 0 Å². The molecule has 2 heterocycles. The fourth-order valence-corrected chi connectivity index (χ4v) is 2.32. The quantitative estimate of drug-likeness (QED) is 0.810. The number of likely N-dealkylation sites (tertiary alicyclic amines) is 1. The summed E-state index contributed by atoms with van der Waals surface area (Å²) >= 11 is 0. The van der Waals surface area contributed by atoms with Crippen molar-refractivity contribution in [3.05, 3.63) is 0 Å². The molecule has 2 fully saturated rings. The minimum atomic E-state index is 0. The highest BCUT2D eigenvalue weighted by Gasteiger charge is 2.23. The Hall–Kier alpha value is 0.460. The smallest absolute Gasteiger partial charge is 0.0469 e. The highest BCUT2D eigenvalue weighted by Crippen LogP contribution is 2.18. The van der Waals surface area contributed by atoms with Crippen LogP contribution in [0.4, 0.5) is 0 Å². The maximum atomic E-state index is 5.86. The highest BCUT2D eigenvalue weighted by atomic mass is 35.5. The average molecular weight is 257 g/mol. The van der Waals surface area contributed by atoms with Crippen LogP contribution >= 0.6 is 24.8 Å². The molecule has 15 heavy (non-hydrogen) atoms. The lowest BCUT2D eigenvalue weighted by atomic mass is 10.00. The average Bonchev–Trinajstić information content (AvgIpc) is 2.53. The van der Waals surface area contributed by atoms with Crippen LogP contribution in [0.15, 0.2) is 0 Å². The third kappa shape index (κ3) is 4.87. The summed E-state index contributed by atoms with van der Waals surface area (Å²) in [6, 6.07) is 0.430. The third-order valence-electron chi connectivity index (χ3n) is 3.17. The number of hydrogen-bond donors (Lipinski definition) is 1. The predicted molar refractivity (Wildman–Crippen MR) is 67.1 cm³/mol. The van der Waals surface area contributed by atoms with Crippen molar-refractivity contribution in [1.82, 2.24) is 4.90 Å². The van der Waals surface area contributed by atoms with E-state index in [4.69, 9.17) is 10.5 Å². The van der Waals surface area contributed by atoms with Gasteiger partial charge in [0.25, 0.3) is 0 Å². The Labute approximate surface area is 105 Å². The Morgan fingerprint density at radius 2 is 1.80 bits per heavy atom. The monoisotopic (exact) mass is 256 g/mol. The summed E-state index contributed by atoms with van der Waals surface area (Å²) in [4.78, 5) is 2.51. The van der Waals surface area contributed by atoms with Crippen LogP contribution in [-0.4, -0.2) is 43.8 Å². The summed E-state index contributed by atoms with van der Waals surface area (Å²) in [6.45, 7) is 5.49. The molecule has 2 rings (SSSR count). The van der Waals surface area contributed by atoms with Crippen molar-refractivity contribution in [2.45, 2.75) is 25.3 Å². The molecule has 2 saturated heterocycles. The van der Waals surface area contributed by atoms with Crippen molar-refractivity contribution in [3.8, 4) is 0 Å². The van der Waals surface area contributed by atoms with Gasteiger partial charge in [-0.3, -0.25) is 0 Å². The molecule has 0 spiro atoms. The maximum absolute atomic E-state index is 5.86. The van der Waals surface area contributed by atoms with Gasteiger partial charge in [-0.1, -0.05) is 0 Å². The second-order valence-corrected chi connectivity index (χ2v) is 4.36. The molecule has 0 bridgehead atoms. The summed E-state index contributed by atoms with van der Waals surface area (Å²) in [6.07, 6.45) is 3.67. The molecule has 0 amide bonds. The first-order valence-electron chi connectivity index (χ1n) is 5.40. The molecule has 0 aromatic carbocycles. The topological polar surface area (TPSA) is 38.5 Å². The lowest BCUT2D eigenvalue weighted by Crippen LogP contribution is -2.33. The molecule has 0 aromatic heterocycles. The van der Waals surface area contributed by atoms with Gasteiger partial charge in [-0.25, -0.2) is 0 Å². The first-order valence-corrected chi connectivity index (χ1v) is 5.40. The van der Waals surface area contributed by atoms with Crippen LogP contribution in [0.5, 0.6) is 0 Å². The van der Waals surface area contributed by atoms with E-state index in [-0.39, 0.29) is 24.8 Å². The normalized spacial score (nSPS) is 28.2. The van der Waals surface area contributed by atoms with E-state index in [2.05, 4.69) is 4.90 Å². The molecule has 2 N–H and O–H groups in total. The summed E-state index contributed by atoms with van der Waals surface area (Å²) in [5.74, 6) is 0.860. The zero-order valence-corrected chi connectivity index (χ0v) is 10.7. The Bertz CT molecular complexity index is 163. The number of nitrogens with two attached hydrogens (primary N) is 1. The van der Waals surface area contributed by atoms with Gasteiger partial charge in [0, 0.05) is 32.3 Å². The lowest BCUT2D eigenvalue weighted by molar-refractivity contribution is 0.0554. The Morgan fingerprint density at radius 3 is 2.33 bits per heavy atom. The Kier molecular flexibility index (Phi) is 7.92. The molecule has 92 valence electrons. The van der Waals surface area contributed by atoms with Gasteiger partial charge < -0.3 is 15.4 Å². The van der Waals surface area contributed by atoms with Gasteiger partial charge in [0.05, 0.1) is 0 Å². The molecular formula is C10H22Cl2N2O. The van der Waals surface area contributed by atoms with E-state index in [0.29, 0.717) is 6.04 Å². The van der Waals surface area contributed by atoms with Crippen LogP contribution in [-0.2, 0) is 4.74 Å². The van der Waals surface area contributed by atoms with Crippen molar-refractivity contribution in [2.24, 2.45) is 11.7 Å². The molecule has 0 saturated carbocycles. The molecule has 3 nitrogen and oxygen atoms in total. The van der Waals surface area contributed by atoms with E-state index >= 15 is 0 Å². The van der Waals surface area contributed by atoms with Crippen LogP contribution in [0.1, 0.15) is 19.3 Å². The van der Waals surface area contributed by atoms with Crippen LogP contribution in [0.3, 0.4) is 0 Å². The SMILES string of the molecule is Cl.Cl.N[C@@H]1CCN(CC2CCOCC2)C1. The summed E-state index contributed by atoms with van der Waals surface area (Å²) in [5, 5.41) is 0. The predicted octanol–water partition coefficient (Wildman–Crippen LogP) is 1.29. The molecule has 0 radical (unpaired) electrons. The molecule has 2 aliphatic heterocycles. The van der Waals surface area contributed by atoms with Crippen LogP contribution in [0.25, 0.3) is 0 Å². The number of rotatable bonds is 2. The first-order chi connectivity index (χ1) is 6.34. The van der Waals surface area contributed by atoms with E-state index in [1.807, 2.05) is 0 Å². The van der Waals surface area contributed by atoms with Crippen molar-refractivity contribution in [2.75, 3.05) is 32.8 Å². The molecule has 0 aromatic rings. The Balaban J connectivity index is 0.000000980. The zero-order valence-electron chi connectivity index (χ0n) is 9.06. The summed E-state index contributed by atoms with van der Waals surface area (Å²) in [5.41, 5.74) is 5.86. The number of halogens is 2. The van der Waals surface area contributed by atoms with Gasteiger partial charge in [-0.05, 0) is 31.7 Å². The minimum Gasteiger partial charge on any atom is -0.381 e. The second kappa shape index (κ2) is 7.69. The Morgan fingerprint density at radius 1 is 1.13 bits per heavy atom. The standard InChI is InChI=1S/C10H20N2O.2ClH/c11-10-1-4-12(8-10)7-9-2-5-13-6-3-9;;/h9-10H,1-8,11H2;2*1H/t10-;;/m1../s1. The van der Waals surface area contributed by atoms with Crippen molar-refractivity contribution in [1.29, 1.82) is 0 Å². The summed E-state index contributed by atoms with van der Waals surface area (Å²) in [7, 11) is 0. The molecule has 0 unspecified atom stereocenters. The third-order valence-corrected chi connectivity index (χ3v) is 3.17. The van der Waals surface area contributed by atoms with Gasteiger partial charge in [-0.2, -0.15) is 0 Å². The molecular weight excluding hydrogens is 235 g/mol. The fourth-order valence-electron chi connectivity index (χ4n) is 2.32. The van der Waals surface area contributed by atoms with Gasteiger partial charge in [0.1, 0.15) is 0 Å². The first kappa shape index (κ1) is 15.5. The molecule has 1 atom stereocenters. The summed E-state index contributed by atoms with van der Waals surface area (Å²) < 4.78 is 5.34. The molecule has 0 aliphatic carbocycles. The largest absolute Gasteiger partial charge is 0.381 e. The number of ether oxygens (including phenoxy) is 1. The lowest BCUT2D eigenvalue weighted by Gasteiger charge is -2.26. The van der Waals surface area contributed by atoms with Crippen LogP contribution in [0.2, 0.25) is 0 Å². The number of hydrogen-bond acceptors (Lipinski definition) is 3. The van der Waals surface area contributed by atoms with Crippen molar-refractivity contribution >= 4 is 24.8 Å². The van der Waals surface area contributed by atoms with Gasteiger partial charge in [-0.15, -0.1) is 24.8 Å². The molecule has 5 heteroatoms. The van der Waals surface area contributed by atoms with E-state index in [1.165, 1.54) is 32.4 Å². The van der Waals surface area contributed by atoms with E-state index < -0.39 is 0 Å². The van der Waals surface area contributed by atoms with E-state index in [1.54, 1.807) is 0 Å². The van der Waals surface area contributed by atoms with Gasteiger partial charge in [0.2, 0.25) is 0 Å². The fraction of sp³-hybridized carbons (Fsp3) is 1.00.